The molecule has 1 N–H and O–H groups in total. The summed E-state index contributed by atoms with van der Waals surface area (Å²) in [5.74, 6) is -1.99. The number of sulfonamides is 1. The zero-order valence-corrected chi connectivity index (χ0v) is 15.3. The molecule has 24 heavy (non-hydrogen) atoms. The molecule has 0 spiro atoms. The van der Waals surface area contributed by atoms with Gasteiger partial charge in [-0.3, -0.25) is 4.79 Å². The van der Waals surface area contributed by atoms with Crippen molar-refractivity contribution in [1.82, 2.24) is 4.72 Å². The molecule has 0 aromatic heterocycles. The Labute approximate surface area is 146 Å². The first kappa shape index (κ1) is 20.4. The van der Waals surface area contributed by atoms with Crippen LogP contribution in [0.2, 0.25) is 5.02 Å². The average molecular weight is 378 g/mol. The van der Waals surface area contributed by atoms with Gasteiger partial charge in [0.2, 0.25) is 10.0 Å². The molecule has 1 aromatic carbocycles. The van der Waals surface area contributed by atoms with Crippen molar-refractivity contribution in [3.05, 3.63) is 29.3 Å². The summed E-state index contributed by atoms with van der Waals surface area (Å²) in [5, 5.41) is 0.390. The Morgan fingerprint density at radius 2 is 1.62 bits per heavy atom. The predicted molar refractivity (Wildman–Crippen MR) is 88.0 cm³/mol. The fourth-order valence-corrected chi connectivity index (χ4v) is 3.23. The lowest BCUT2D eigenvalue weighted by atomic mass is 10.1. The number of ether oxygens (including phenoxy) is 2. The van der Waals surface area contributed by atoms with Gasteiger partial charge in [-0.2, -0.15) is 4.72 Å². The van der Waals surface area contributed by atoms with Gasteiger partial charge in [0.25, 0.3) is 0 Å². The van der Waals surface area contributed by atoms with E-state index < -0.39 is 40.0 Å². The molecule has 1 aromatic rings. The third-order valence-electron chi connectivity index (χ3n) is 3.15. The van der Waals surface area contributed by atoms with Gasteiger partial charge in [0.05, 0.1) is 12.0 Å². The number of carbonyl (C=O) groups excluding carboxylic acids is 2. The van der Waals surface area contributed by atoms with Crippen molar-refractivity contribution >= 4 is 33.6 Å². The van der Waals surface area contributed by atoms with Crippen molar-refractivity contribution in [1.29, 1.82) is 0 Å². The Bertz CT molecular complexity index is 686. The van der Waals surface area contributed by atoms with E-state index in [0.717, 1.165) is 7.11 Å². The summed E-state index contributed by atoms with van der Waals surface area (Å²) in [6, 6.07) is 4.35. The number of esters is 2. The van der Waals surface area contributed by atoms with Gasteiger partial charge in [-0.05, 0) is 37.1 Å². The topological polar surface area (TPSA) is 98.8 Å². The molecule has 0 fully saturated rings. The molecule has 0 aliphatic carbocycles. The van der Waals surface area contributed by atoms with E-state index in [0.29, 0.717) is 5.02 Å². The second kappa shape index (κ2) is 8.46. The van der Waals surface area contributed by atoms with Crippen LogP contribution in [0.25, 0.3) is 0 Å². The summed E-state index contributed by atoms with van der Waals surface area (Å²) < 4.78 is 36.5. The minimum absolute atomic E-state index is 0.0358. The van der Waals surface area contributed by atoms with E-state index >= 15 is 0 Å². The average Bonchev–Trinajstić information content (AvgIpc) is 2.51. The molecule has 134 valence electrons. The number of benzene rings is 1. The van der Waals surface area contributed by atoms with Crippen molar-refractivity contribution in [2.45, 2.75) is 37.8 Å². The summed E-state index contributed by atoms with van der Waals surface area (Å²) in [7, 11) is -2.79. The number of hydrogen-bond donors (Lipinski definition) is 1. The normalized spacial score (nSPS) is 14.1. The lowest BCUT2D eigenvalue weighted by Crippen LogP contribution is -2.46. The number of hydrogen-bond acceptors (Lipinski definition) is 6. The molecule has 0 amide bonds. The van der Waals surface area contributed by atoms with E-state index in [4.69, 9.17) is 16.3 Å². The number of nitrogens with one attached hydrogen (secondary N) is 1. The summed E-state index contributed by atoms with van der Waals surface area (Å²) in [4.78, 5) is 23.5. The van der Waals surface area contributed by atoms with Gasteiger partial charge in [-0.15, -0.1) is 0 Å². The quantitative estimate of drug-likeness (QED) is 0.727. The molecule has 0 bridgehead atoms. The number of halogens is 1. The molecule has 0 radical (unpaired) electrons. The Morgan fingerprint density at radius 1 is 1.08 bits per heavy atom. The van der Waals surface area contributed by atoms with Crippen molar-refractivity contribution in [2.75, 3.05) is 7.11 Å². The van der Waals surface area contributed by atoms with Crippen LogP contribution in [-0.2, 0) is 29.1 Å². The highest BCUT2D eigenvalue weighted by molar-refractivity contribution is 7.89. The van der Waals surface area contributed by atoms with Crippen LogP contribution in [0.1, 0.15) is 20.8 Å². The number of carbonyl (C=O) groups is 2. The van der Waals surface area contributed by atoms with Crippen molar-refractivity contribution < 1.29 is 27.5 Å². The van der Waals surface area contributed by atoms with Crippen LogP contribution in [0, 0.1) is 5.92 Å². The zero-order valence-electron chi connectivity index (χ0n) is 13.8. The van der Waals surface area contributed by atoms with Gasteiger partial charge in [-0.1, -0.05) is 25.4 Å². The van der Waals surface area contributed by atoms with Gasteiger partial charge >= 0.3 is 11.9 Å². The molecule has 0 saturated carbocycles. The molecule has 2 atom stereocenters. The Balaban J connectivity index is 2.94. The highest BCUT2D eigenvalue weighted by Gasteiger charge is 2.32. The summed E-state index contributed by atoms with van der Waals surface area (Å²) >= 11 is 5.74. The Kier molecular flexibility index (Phi) is 7.19. The fraction of sp³-hybridized carbons (Fsp3) is 0.467. The minimum Gasteiger partial charge on any atom is -0.466 e. The first-order valence-electron chi connectivity index (χ1n) is 7.14. The monoisotopic (exact) mass is 377 g/mol. The van der Waals surface area contributed by atoms with Gasteiger partial charge < -0.3 is 9.47 Å². The third-order valence-corrected chi connectivity index (χ3v) is 4.86. The molecular weight excluding hydrogens is 358 g/mol. The van der Waals surface area contributed by atoms with E-state index in [1.165, 1.54) is 31.2 Å². The SMILES string of the molecule is COC(=O)[C@H](C)OC(=O)[C@H](NS(=O)(=O)c1ccc(Cl)cc1)C(C)C. The molecule has 0 aliphatic heterocycles. The Hall–Kier alpha value is -1.64. The van der Waals surface area contributed by atoms with Crippen molar-refractivity contribution in [3.8, 4) is 0 Å². The van der Waals surface area contributed by atoms with Crippen LogP contribution >= 0.6 is 11.6 Å². The highest BCUT2D eigenvalue weighted by atomic mass is 35.5. The molecule has 0 saturated heterocycles. The van der Waals surface area contributed by atoms with E-state index in [1.54, 1.807) is 13.8 Å². The van der Waals surface area contributed by atoms with Gasteiger partial charge in [0.1, 0.15) is 6.04 Å². The van der Waals surface area contributed by atoms with Gasteiger partial charge in [0.15, 0.2) is 6.10 Å². The second-order valence-corrected chi connectivity index (χ2v) is 7.55. The molecule has 0 heterocycles. The lowest BCUT2D eigenvalue weighted by molar-refractivity contribution is -0.166. The number of rotatable bonds is 7. The standard InChI is InChI=1S/C15H20ClNO6S/c1-9(2)13(15(19)23-10(3)14(18)22-4)17-24(20,21)12-7-5-11(16)6-8-12/h5-10,13,17H,1-4H3/t10-,13+/m0/s1. The largest absolute Gasteiger partial charge is 0.466 e. The summed E-state index contributed by atoms with van der Waals surface area (Å²) in [6.07, 6.45) is -1.14. The van der Waals surface area contributed by atoms with Gasteiger partial charge in [-0.25, -0.2) is 13.2 Å². The van der Waals surface area contributed by atoms with Crippen molar-refractivity contribution in [2.24, 2.45) is 5.92 Å². The van der Waals surface area contributed by atoms with Gasteiger partial charge in [0, 0.05) is 5.02 Å². The smallest absolute Gasteiger partial charge is 0.346 e. The molecule has 0 aliphatic rings. The van der Waals surface area contributed by atoms with E-state index in [9.17, 15) is 18.0 Å². The predicted octanol–water partition coefficient (Wildman–Crippen LogP) is 1.75. The van der Waals surface area contributed by atoms with Crippen LogP contribution in [0.4, 0.5) is 0 Å². The van der Waals surface area contributed by atoms with Crippen molar-refractivity contribution in [3.63, 3.8) is 0 Å². The molecule has 1 rings (SSSR count). The van der Waals surface area contributed by atoms with Crippen LogP contribution in [0.15, 0.2) is 29.2 Å². The van der Waals surface area contributed by atoms with Crippen LogP contribution in [0.5, 0.6) is 0 Å². The van der Waals surface area contributed by atoms with E-state index in [-0.39, 0.29) is 4.90 Å². The second-order valence-electron chi connectivity index (χ2n) is 5.40. The fourth-order valence-electron chi connectivity index (χ4n) is 1.77. The van der Waals surface area contributed by atoms with Crippen LogP contribution in [0.3, 0.4) is 0 Å². The molecule has 9 heteroatoms. The first-order chi connectivity index (χ1) is 11.1. The maximum atomic E-state index is 12.4. The maximum Gasteiger partial charge on any atom is 0.346 e. The summed E-state index contributed by atoms with van der Waals surface area (Å²) in [6.45, 7) is 4.65. The number of methoxy groups -OCH3 is 1. The molecule has 7 nitrogen and oxygen atoms in total. The minimum atomic E-state index is -3.95. The highest BCUT2D eigenvalue weighted by Crippen LogP contribution is 2.16. The summed E-state index contributed by atoms with van der Waals surface area (Å²) in [5.41, 5.74) is 0. The first-order valence-corrected chi connectivity index (χ1v) is 9.00. The lowest BCUT2D eigenvalue weighted by Gasteiger charge is -2.22. The van der Waals surface area contributed by atoms with E-state index in [2.05, 4.69) is 9.46 Å². The van der Waals surface area contributed by atoms with Crippen LogP contribution < -0.4 is 4.72 Å². The third kappa shape index (κ3) is 5.47. The Morgan fingerprint density at radius 3 is 2.08 bits per heavy atom. The zero-order chi connectivity index (χ0) is 18.5. The van der Waals surface area contributed by atoms with E-state index in [1.807, 2.05) is 0 Å². The molecule has 0 unspecified atom stereocenters. The van der Waals surface area contributed by atoms with Crippen LogP contribution in [-0.4, -0.2) is 39.6 Å². The molecular formula is C15H20ClNO6S. The maximum absolute atomic E-state index is 12.4.